The van der Waals surface area contributed by atoms with E-state index in [0.717, 1.165) is 0 Å². The summed E-state index contributed by atoms with van der Waals surface area (Å²) in [6, 6.07) is 4.80. The van der Waals surface area contributed by atoms with E-state index in [4.69, 9.17) is 22.4 Å². The van der Waals surface area contributed by atoms with Crippen LogP contribution < -0.4 is 11.1 Å². The lowest BCUT2D eigenvalue weighted by atomic mass is 10.2. The van der Waals surface area contributed by atoms with E-state index in [9.17, 15) is 4.79 Å². The molecule has 1 rings (SSSR count). The summed E-state index contributed by atoms with van der Waals surface area (Å²) in [6.07, 6.45) is 0.0576. The molecular weight excluding hydrogens is 204 g/mol. The highest BCUT2D eigenvalue weighted by Crippen LogP contribution is 2.22. The Morgan fingerprint density at radius 3 is 2.86 bits per heavy atom. The van der Waals surface area contributed by atoms with Gasteiger partial charge in [-0.2, -0.15) is 0 Å². The Balaban J connectivity index is 2.72. The molecule has 0 radical (unpaired) electrons. The van der Waals surface area contributed by atoms with Gasteiger partial charge >= 0.3 is 0 Å². The highest BCUT2D eigenvalue weighted by atomic mass is 35.5. The second-order valence-corrected chi connectivity index (χ2v) is 3.19. The van der Waals surface area contributed by atoms with E-state index >= 15 is 0 Å². The molecule has 0 fully saturated rings. The van der Waals surface area contributed by atoms with Crippen molar-refractivity contribution in [2.75, 3.05) is 17.7 Å². The molecule has 1 amide bonds. The fraction of sp³-hybridized carbons (Fsp3) is 0.222. The van der Waals surface area contributed by atoms with Gasteiger partial charge in [-0.3, -0.25) is 4.79 Å². The Labute approximate surface area is 86.7 Å². The standard InChI is InChI=1S/C9H11ClN2O2/c10-6-1-2-8(7(11)5-6)12-9(14)3-4-13/h1-2,5,13H,3-4,11H2,(H,12,14). The number of amides is 1. The van der Waals surface area contributed by atoms with E-state index in [0.29, 0.717) is 16.4 Å². The molecule has 0 saturated heterocycles. The third-order valence-electron chi connectivity index (χ3n) is 1.63. The minimum absolute atomic E-state index is 0.0576. The number of aliphatic hydroxyl groups excluding tert-OH is 1. The average Bonchev–Trinajstić information content (AvgIpc) is 2.10. The normalized spacial score (nSPS) is 9.86. The number of nitrogens with one attached hydrogen (secondary N) is 1. The monoisotopic (exact) mass is 214 g/mol. The number of anilines is 2. The Morgan fingerprint density at radius 1 is 1.57 bits per heavy atom. The predicted octanol–water partition coefficient (Wildman–Crippen LogP) is 1.24. The van der Waals surface area contributed by atoms with Gasteiger partial charge in [0.1, 0.15) is 0 Å². The molecule has 4 nitrogen and oxygen atoms in total. The minimum Gasteiger partial charge on any atom is -0.397 e. The van der Waals surface area contributed by atoms with Crippen molar-refractivity contribution in [3.05, 3.63) is 23.2 Å². The number of benzene rings is 1. The predicted molar refractivity (Wildman–Crippen MR) is 56.2 cm³/mol. The van der Waals surface area contributed by atoms with Crippen LogP contribution in [0.1, 0.15) is 6.42 Å². The first-order valence-corrected chi connectivity index (χ1v) is 4.47. The molecule has 1 aromatic carbocycles. The van der Waals surface area contributed by atoms with E-state index in [1.54, 1.807) is 18.2 Å². The van der Waals surface area contributed by atoms with Gasteiger partial charge in [0.2, 0.25) is 5.91 Å². The largest absolute Gasteiger partial charge is 0.397 e. The molecule has 5 heteroatoms. The maximum absolute atomic E-state index is 11.1. The molecule has 0 heterocycles. The van der Waals surface area contributed by atoms with E-state index in [1.165, 1.54) is 0 Å². The second-order valence-electron chi connectivity index (χ2n) is 2.75. The molecular formula is C9H11ClN2O2. The number of aliphatic hydroxyl groups is 1. The van der Waals surface area contributed by atoms with Gasteiger partial charge in [0.05, 0.1) is 24.4 Å². The smallest absolute Gasteiger partial charge is 0.226 e. The lowest BCUT2D eigenvalue weighted by Gasteiger charge is -2.07. The molecule has 0 saturated carbocycles. The zero-order valence-corrected chi connectivity index (χ0v) is 8.21. The molecule has 76 valence electrons. The number of hydrogen-bond acceptors (Lipinski definition) is 3. The zero-order chi connectivity index (χ0) is 10.6. The first-order valence-electron chi connectivity index (χ1n) is 4.09. The lowest BCUT2D eigenvalue weighted by Crippen LogP contribution is -2.13. The van der Waals surface area contributed by atoms with Crippen molar-refractivity contribution >= 4 is 28.9 Å². The van der Waals surface area contributed by atoms with Crippen LogP contribution in [0.2, 0.25) is 5.02 Å². The second kappa shape index (κ2) is 4.83. The van der Waals surface area contributed by atoms with E-state index in [-0.39, 0.29) is 18.9 Å². The minimum atomic E-state index is -0.276. The Kier molecular flexibility index (Phi) is 3.73. The van der Waals surface area contributed by atoms with E-state index in [2.05, 4.69) is 5.32 Å². The van der Waals surface area contributed by atoms with Crippen LogP contribution in [0.5, 0.6) is 0 Å². The number of hydrogen-bond donors (Lipinski definition) is 3. The van der Waals surface area contributed by atoms with Crippen molar-refractivity contribution in [1.82, 2.24) is 0 Å². The molecule has 0 bridgehead atoms. The first kappa shape index (κ1) is 10.8. The molecule has 4 N–H and O–H groups in total. The third-order valence-corrected chi connectivity index (χ3v) is 1.86. The van der Waals surface area contributed by atoms with E-state index in [1.807, 2.05) is 0 Å². The van der Waals surface area contributed by atoms with Crippen molar-refractivity contribution in [3.63, 3.8) is 0 Å². The molecule has 1 aromatic rings. The summed E-state index contributed by atoms with van der Waals surface area (Å²) < 4.78 is 0. The fourth-order valence-electron chi connectivity index (χ4n) is 0.962. The van der Waals surface area contributed by atoms with Crippen molar-refractivity contribution in [2.24, 2.45) is 0 Å². The van der Waals surface area contributed by atoms with Crippen LogP contribution in [-0.4, -0.2) is 17.6 Å². The molecule has 0 unspecified atom stereocenters. The summed E-state index contributed by atoms with van der Waals surface area (Å²) in [5, 5.41) is 11.6. The van der Waals surface area contributed by atoms with Gasteiger partial charge in [-0.1, -0.05) is 11.6 Å². The maximum atomic E-state index is 11.1. The van der Waals surface area contributed by atoms with Crippen LogP contribution in [0.3, 0.4) is 0 Å². The van der Waals surface area contributed by atoms with Gasteiger partial charge < -0.3 is 16.2 Å². The van der Waals surface area contributed by atoms with Crippen LogP contribution in [0.15, 0.2) is 18.2 Å². The fourth-order valence-corrected chi connectivity index (χ4v) is 1.14. The Morgan fingerprint density at radius 2 is 2.29 bits per heavy atom. The third kappa shape index (κ3) is 2.90. The van der Waals surface area contributed by atoms with Crippen molar-refractivity contribution in [1.29, 1.82) is 0 Å². The highest BCUT2D eigenvalue weighted by Gasteiger charge is 2.04. The topological polar surface area (TPSA) is 75.3 Å². The number of carbonyl (C=O) groups is 1. The van der Waals surface area contributed by atoms with Gasteiger partial charge in [-0.05, 0) is 18.2 Å². The molecule has 0 aliphatic heterocycles. The number of carbonyl (C=O) groups excluding carboxylic acids is 1. The SMILES string of the molecule is Nc1cc(Cl)ccc1NC(=O)CCO. The molecule has 0 spiro atoms. The Hall–Kier alpha value is -1.26. The van der Waals surface area contributed by atoms with Crippen LogP contribution in [-0.2, 0) is 4.79 Å². The van der Waals surface area contributed by atoms with Crippen LogP contribution in [0.25, 0.3) is 0 Å². The molecule has 0 atom stereocenters. The van der Waals surface area contributed by atoms with Gasteiger partial charge in [0.15, 0.2) is 0 Å². The number of halogens is 1. The number of rotatable bonds is 3. The van der Waals surface area contributed by atoms with Crippen LogP contribution >= 0.6 is 11.6 Å². The zero-order valence-electron chi connectivity index (χ0n) is 7.46. The quantitative estimate of drug-likeness (QED) is 0.663. The van der Waals surface area contributed by atoms with Gasteiger partial charge in [-0.15, -0.1) is 0 Å². The summed E-state index contributed by atoms with van der Waals surface area (Å²) in [7, 11) is 0. The van der Waals surface area contributed by atoms with Crippen molar-refractivity contribution < 1.29 is 9.90 Å². The highest BCUT2D eigenvalue weighted by molar-refractivity contribution is 6.31. The summed E-state index contributed by atoms with van der Waals surface area (Å²) in [6.45, 7) is -0.181. The molecule has 0 aromatic heterocycles. The summed E-state index contributed by atoms with van der Waals surface area (Å²) in [5.41, 5.74) is 6.52. The number of nitrogen functional groups attached to an aromatic ring is 1. The van der Waals surface area contributed by atoms with Gasteiger partial charge in [0, 0.05) is 5.02 Å². The lowest BCUT2D eigenvalue weighted by molar-refractivity contribution is -0.116. The molecule has 14 heavy (non-hydrogen) atoms. The van der Waals surface area contributed by atoms with E-state index < -0.39 is 0 Å². The van der Waals surface area contributed by atoms with Crippen LogP contribution in [0.4, 0.5) is 11.4 Å². The van der Waals surface area contributed by atoms with Crippen LogP contribution in [0, 0.1) is 0 Å². The maximum Gasteiger partial charge on any atom is 0.226 e. The average molecular weight is 215 g/mol. The van der Waals surface area contributed by atoms with Crippen molar-refractivity contribution in [2.45, 2.75) is 6.42 Å². The van der Waals surface area contributed by atoms with Gasteiger partial charge in [0.25, 0.3) is 0 Å². The number of nitrogens with two attached hydrogens (primary N) is 1. The summed E-state index contributed by atoms with van der Waals surface area (Å²) in [4.78, 5) is 11.1. The summed E-state index contributed by atoms with van der Waals surface area (Å²) in [5.74, 6) is -0.276. The summed E-state index contributed by atoms with van der Waals surface area (Å²) >= 11 is 5.68. The molecule has 0 aliphatic carbocycles. The van der Waals surface area contributed by atoms with Gasteiger partial charge in [-0.25, -0.2) is 0 Å². The first-order chi connectivity index (χ1) is 6.63. The molecule has 0 aliphatic rings. The van der Waals surface area contributed by atoms with Crippen molar-refractivity contribution in [3.8, 4) is 0 Å². The Bertz CT molecular complexity index is 342.